The number of halogens is 2. The van der Waals surface area contributed by atoms with Crippen molar-refractivity contribution in [1.82, 2.24) is 15.5 Å². The van der Waals surface area contributed by atoms with Gasteiger partial charge in [0.2, 0.25) is 0 Å². The Kier molecular flexibility index (Phi) is 10.7. The second kappa shape index (κ2) is 12.2. The molecule has 9 heteroatoms. The highest BCUT2D eigenvalue weighted by Gasteiger charge is 2.23. The summed E-state index contributed by atoms with van der Waals surface area (Å²) in [7, 11) is 3.13. The van der Waals surface area contributed by atoms with Crippen LogP contribution in [0.4, 0.5) is 9.18 Å². The zero-order chi connectivity index (χ0) is 18.1. The van der Waals surface area contributed by atoms with Crippen molar-refractivity contribution in [2.24, 2.45) is 4.99 Å². The number of piperidine rings is 1. The summed E-state index contributed by atoms with van der Waals surface area (Å²) in [5, 5.41) is 6.61. The van der Waals surface area contributed by atoms with Gasteiger partial charge in [0.05, 0.1) is 7.11 Å². The SMILES string of the molecule is CN=C(NCCSc1ccccc1F)NC1CCN(C(=O)OC)CC1.I. The van der Waals surface area contributed by atoms with Gasteiger partial charge in [-0.3, -0.25) is 4.99 Å². The maximum atomic E-state index is 13.6. The molecule has 1 aliphatic rings. The van der Waals surface area contributed by atoms with Crippen molar-refractivity contribution in [2.75, 3.05) is 39.5 Å². The smallest absolute Gasteiger partial charge is 0.409 e. The first kappa shape index (κ1) is 22.8. The number of nitrogens with one attached hydrogen (secondary N) is 2. The van der Waals surface area contributed by atoms with Gasteiger partial charge in [0.1, 0.15) is 5.82 Å². The Morgan fingerprint density at radius 3 is 2.69 bits per heavy atom. The average Bonchev–Trinajstić information content (AvgIpc) is 2.65. The summed E-state index contributed by atoms with van der Waals surface area (Å²) in [6.45, 7) is 2.02. The molecule has 146 valence electrons. The Balaban J connectivity index is 0.00000338. The maximum absolute atomic E-state index is 13.6. The van der Waals surface area contributed by atoms with Crippen molar-refractivity contribution in [3.63, 3.8) is 0 Å². The Hall–Kier alpha value is -1.23. The highest BCUT2D eigenvalue weighted by molar-refractivity contribution is 14.0. The third-order valence-corrected chi connectivity index (χ3v) is 5.03. The summed E-state index contributed by atoms with van der Waals surface area (Å²) >= 11 is 1.47. The number of hydrogen-bond donors (Lipinski definition) is 2. The molecule has 1 aromatic rings. The molecule has 0 radical (unpaired) electrons. The summed E-state index contributed by atoms with van der Waals surface area (Å²) in [4.78, 5) is 18.1. The molecule has 0 atom stereocenters. The van der Waals surface area contributed by atoms with Crippen LogP contribution in [0.1, 0.15) is 12.8 Å². The lowest BCUT2D eigenvalue weighted by Gasteiger charge is -2.32. The quantitative estimate of drug-likeness (QED) is 0.216. The lowest BCUT2D eigenvalue weighted by atomic mass is 10.1. The molecule has 0 bridgehead atoms. The predicted molar refractivity (Wildman–Crippen MR) is 114 cm³/mol. The van der Waals surface area contributed by atoms with Gasteiger partial charge in [-0.1, -0.05) is 12.1 Å². The number of hydrogen-bond acceptors (Lipinski definition) is 4. The Morgan fingerprint density at radius 1 is 1.38 bits per heavy atom. The van der Waals surface area contributed by atoms with Crippen LogP contribution in [0.25, 0.3) is 0 Å². The average molecular weight is 496 g/mol. The number of benzene rings is 1. The Labute approximate surface area is 175 Å². The zero-order valence-corrected chi connectivity index (χ0v) is 18.2. The lowest BCUT2D eigenvalue weighted by molar-refractivity contribution is 0.111. The van der Waals surface area contributed by atoms with Crippen LogP contribution in [-0.4, -0.2) is 62.5 Å². The molecular formula is C17H26FIN4O2S. The molecular weight excluding hydrogens is 470 g/mol. The number of carbonyl (C=O) groups is 1. The highest BCUT2D eigenvalue weighted by Crippen LogP contribution is 2.20. The molecule has 6 nitrogen and oxygen atoms in total. The molecule has 1 amide bonds. The van der Waals surface area contributed by atoms with Crippen molar-refractivity contribution in [3.05, 3.63) is 30.1 Å². The molecule has 0 aliphatic carbocycles. The molecule has 0 saturated carbocycles. The summed E-state index contributed by atoms with van der Waals surface area (Å²) in [5.74, 6) is 1.28. The van der Waals surface area contributed by atoms with Crippen LogP contribution >= 0.6 is 35.7 Å². The molecule has 1 aromatic carbocycles. The second-order valence-corrected chi connectivity index (χ2v) is 6.79. The molecule has 1 aliphatic heterocycles. The van der Waals surface area contributed by atoms with Gasteiger partial charge in [0, 0.05) is 43.4 Å². The molecule has 1 saturated heterocycles. The monoisotopic (exact) mass is 496 g/mol. The number of likely N-dealkylation sites (tertiary alicyclic amines) is 1. The van der Waals surface area contributed by atoms with E-state index in [1.807, 2.05) is 6.07 Å². The number of rotatable bonds is 5. The summed E-state index contributed by atoms with van der Waals surface area (Å²) in [6, 6.07) is 7.04. The van der Waals surface area contributed by atoms with Crippen LogP contribution in [0, 0.1) is 5.82 Å². The third kappa shape index (κ3) is 7.18. The Bertz CT molecular complexity index is 598. The van der Waals surface area contributed by atoms with E-state index in [0.717, 1.165) is 24.6 Å². The van der Waals surface area contributed by atoms with E-state index in [0.29, 0.717) is 24.5 Å². The molecule has 1 fully saturated rings. The van der Waals surface area contributed by atoms with Gasteiger partial charge in [-0.05, 0) is 25.0 Å². The fourth-order valence-corrected chi connectivity index (χ4v) is 3.42. The van der Waals surface area contributed by atoms with E-state index in [2.05, 4.69) is 15.6 Å². The summed E-state index contributed by atoms with van der Waals surface area (Å²) < 4.78 is 18.3. The van der Waals surface area contributed by atoms with Crippen molar-refractivity contribution in [2.45, 2.75) is 23.8 Å². The number of thioether (sulfide) groups is 1. The van der Waals surface area contributed by atoms with Crippen LogP contribution in [0.5, 0.6) is 0 Å². The van der Waals surface area contributed by atoms with Crippen LogP contribution in [-0.2, 0) is 4.74 Å². The van der Waals surface area contributed by atoms with Gasteiger partial charge in [0.15, 0.2) is 5.96 Å². The molecule has 0 spiro atoms. The van der Waals surface area contributed by atoms with Crippen molar-refractivity contribution >= 4 is 47.8 Å². The predicted octanol–water partition coefficient (Wildman–Crippen LogP) is 2.93. The topological polar surface area (TPSA) is 66.0 Å². The van der Waals surface area contributed by atoms with Gasteiger partial charge < -0.3 is 20.3 Å². The van der Waals surface area contributed by atoms with E-state index in [1.165, 1.54) is 24.9 Å². The normalized spacial score (nSPS) is 15.2. The van der Waals surface area contributed by atoms with Crippen molar-refractivity contribution in [3.8, 4) is 0 Å². The van der Waals surface area contributed by atoms with Gasteiger partial charge in [0.25, 0.3) is 0 Å². The zero-order valence-electron chi connectivity index (χ0n) is 15.0. The molecule has 2 N–H and O–H groups in total. The van der Waals surface area contributed by atoms with E-state index >= 15 is 0 Å². The van der Waals surface area contributed by atoms with E-state index in [4.69, 9.17) is 4.74 Å². The fraction of sp³-hybridized carbons (Fsp3) is 0.529. The first-order chi connectivity index (χ1) is 12.1. The van der Waals surface area contributed by atoms with E-state index in [9.17, 15) is 9.18 Å². The first-order valence-corrected chi connectivity index (χ1v) is 9.30. The minimum absolute atomic E-state index is 0. The molecule has 0 aromatic heterocycles. The van der Waals surface area contributed by atoms with Crippen LogP contribution in [0.3, 0.4) is 0 Å². The van der Waals surface area contributed by atoms with Gasteiger partial charge in [-0.25, -0.2) is 9.18 Å². The van der Waals surface area contributed by atoms with E-state index < -0.39 is 0 Å². The highest BCUT2D eigenvalue weighted by atomic mass is 127. The third-order valence-electron chi connectivity index (χ3n) is 3.98. The van der Waals surface area contributed by atoms with E-state index in [-0.39, 0.29) is 41.9 Å². The number of guanidine groups is 1. The Morgan fingerprint density at radius 2 is 2.08 bits per heavy atom. The lowest BCUT2D eigenvalue weighted by Crippen LogP contribution is -2.50. The number of amides is 1. The standard InChI is InChI=1S/C17H25FN4O2S.HI/c1-19-16(20-9-12-25-15-6-4-3-5-14(15)18)21-13-7-10-22(11-8-13)17(23)24-2;/h3-6,13H,7-12H2,1-2H3,(H2,19,20,21);1H. The fourth-order valence-electron chi connectivity index (χ4n) is 2.62. The van der Waals surface area contributed by atoms with Crippen LogP contribution in [0.2, 0.25) is 0 Å². The molecule has 26 heavy (non-hydrogen) atoms. The molecule has 0 unspecified atom stereocenters. The maximum Gasteiger partial charge on any atom is 0.409 e. The summed E-state index contributed by atoms with van der Waals surface area (Å²) in [5.41, 5.74) is 0. The minimum atomic E-state index is -0.272. The number of carbonyl (C=O) groups excluding carboxylic acids is 1. The largest absolute Gasteiger partial charge is 0.453 e. The van der Waals surface area contributed by atoms with Crippen LogP contribution < -0.4 is 10.6 Å². The van der Waals surface area contributed by atoms with Crippen molar-refractivity contribution < 1.29 is 13.9 Å². The van der Waals surface area contributed by atoms with Crippen LogP contribution in [0.15, 0.2) is 34.2 Å². The van der Waals surface area contributed by atoms with Gasteiger partial charge >= 0.3 is 6.09 Å². The number of methoxy groups -OCH3 is 1. The van der Waals surface area contributed by atoms with Gasteiger partial charge in [-0.15, -0.1) is 35.7 Å². The molecule has 2 rings (SSSR count). The number of nitrogens with zero attached hydrogens (tertiary/aromatic N) is 2. The van der Waals surface area contributed by atoms with E-state index in [1.54, 1.807) is 24.1 Å². The number of aliphatic imine (C=N–C) groups is 1. The first-order valence-electron chi connectivity index (χ1n) is 8.31. The van der Waals surface area contributed by atoms with Crippen molar-refractivity contribution in [1.29, 1.82) is 0 Å². The minimum Gasteiger partial charge on any atom is -0.453 e. The summed E-state index contributed by atoms with van der Waals surface area (Å²) in [6.07, 6.45) is 1.42. The second-order valence-electron chi connectivity index (χ2n) is 5.65. The van der Waals surface area contributed by atoms with Gasteiger partial charge in [-0.2, -0.15) is 0 Å². The molecule has 1 heterocycles. The number of ether oxygens (including phenoxy) is 1.